The molecule has 0 aliphatic rings. The van der Waals surface area contributed by atoms with Crippen molar-refractivity contribution in [1.82, 2.24) is 4.90 Å². The Morgan fingerprint density at radius 2 is 2.00 bits per heavy atom. The zero-order chi connectivity index (χ0) is 10.1. The summed E-state index contributed by atoms with van der Waals surface area (Å²) in [5.41, 5.74) is 0. The fourth-order valence-electron chi connectivity index (χ4n) is 1.41. The molecule has 0 atom stereocenters. The first-order chi connectivity index (χ1) is 6.20. The van der Waals surface area contributed by atoms with Crippen molar-refractivity contribution >= 4 is 0 Å². The van der Waals surface area contributed by atoms with Crippen molar-refractivity contribution in [2.45, 2.75) is 40.0 Å². The lowest BCUT2D eigenvalue weighted by molar-refractivity contribution is 0.292. The monoisotopic (exact) mass is 182 g/mol. The summed E-state index contributed by atoms with van der Waals surface area (Å²) in [6.07, 6.45) is 3.63. The number of nitriles is 1. The van der Waals surface area contributed by atoms with Crippen LogP contribution < -0.4 is 0 Å². The highest BCUT2D eigenvalue weighted by molar-refractivity contribution is 4.76. The quantitative estimate of drug-likeness (QED) is 0.566. The van der Waals surface area contributed by atoms with Gasteiger partial charge in [0.1, 0.15) is 0 Å². The van der Waals surface area contributed by atoms with Gasteiger partial charge < -0.3 is 0 Å². The van der Waals surface area contributed by atoms with Crippen molar-refractivity contribution in [3.05, 3.63) is 0 Å². The van der Waals surface area contributed by atoms with Gasteiger partial charge in [-0.15, -0.1) is 0 Å². The summed E-state index contributed by atoms with van der Waals surface area (Å²) in [7, 11) is 0. The molecule has 0 heterocycles. The molecule has 0 saturated carbocycles. The molecule has 2 nitrogen and oxygen atoms in total. The average Bonchev–Trinajstić information content (AvgIpc) is 2.04. The van der Waals surface area contributed by atoms with Gasteiger partial charge in [0.2, 0.25) is 0 Å². The zero-order valence-electron chi connectivity index (χ0n) is 9.21. The van der Waals surface area contributed by atoms with Gasteiger partial charge in [0.25, 0.3) is 0 Å². The number of rotatable bonds is 7. The maximum Gasteiger partial charge on any atom is 0.0865 e. The molecule has 0 saturated heterocycles. The van der Waals surface area contributed by atoms with Crippen molar-refractivity contribution in [2.24, 2.45) is 5.92 Å². The summed E-state index contributed by atoms with van der Waals surface area (Å²) in [4.78, 5) is 2.24. The van der Waals surface area contributed by atoms with Crippen LogP contribution in [0, 0.1) is 17.2 Å². The molecule has 0 radical (unpaired) electrons. The number of hydrogen-bond acceptors (Lipinski definition) is 2. The molecule has 0 aliphatic heterocycles. The minimum absolute atomic E-state index is 0.589. The second-order valence-corrected chi connectivity index (χ2v) is 3.97. The number of hydrogen-bond donors (Lipinski definition) is 0. The molecule has 2 heteroatoms. The molecule has 0 aromatic heterocycles. The Balaban J connectivity index is 3.51. The first-order valence-electron chi connectivity index (χ1n) is 5.30. The molecule has 0 rings (SSSR count). The Hall–Kier alpha value is -0.550. The van der Waals surface area contributed by atoms with Gasteiger partial charge in [0, 0.05) is 0 Å². The standard InChI is InChI=1S/C11H22N2/c1-4-8-13(10-7-12)9-5-6-11(2)3/h11H,4-6,8-10H2,1-3H3. The Morgan fingerprint density at radius 3 is 2.46 bits per heavy atom. The Morgan fingerprint density at radius 1 is 1.31 bits per heavy atom. The lowest BCUT2D eigenvalue weighted by Crippen LogP contribution is -2.26. The van der Waals surface area contributed by atoms with E-state index in [1.807, 2.05) is 0 Å². The van der Waals surface area contributed by atoms with Crippen LogP contribution in [0.3, 0.4) is 0 Å². The largest absolute Gasteiger partial charge is 0.291 e. The molecule has 0 fully saturated rings. The zero-order valence-corrected chi connectivity index (χ0v) is 9.21. The van der Waals surface area contributed by atoms with Crippen LogP contribution in [0.2, 0.25) is 0 Å². The van der Waals surface area contributed by atoms with Crippen molar-refractivity contribution in [1.29, 1.82) is 5.26 Å². The molecule has 0 N–H and O–H groups in total. The third-order valence-corrected chi connectivity index (χ3v) is 2.09. The van der Waals surface area contributed by atoms with E-state index in [9.17, 15) is 0 Å². The normalized spacial score (nSPS) is 10.8. The summed E-state index contributed by atoms with van der Waals surface area (Å²) in [6, 6.07) is 2.22. The number of nitrogens with zero attached hydrogens (tertiary/aromatic N) is 2. The van der Waals surface area contributed by atoms with E-state index in [2.05, 4.69) is 31.7 Å². The fraction of sp³-hybridized carbons (Fsp3) is 0.909. The molecular weight excluding hydrogens is 160 g/mol. The van der Waals surface area contributed by atoms with E-state index in [1.165, 1.54) is 12.8 Å². The first kappa shape index (κ1) is 12.4. The SMILES string of the molecule is CCCN(CC#N)CCCC(C)C. The van der Waals surface area contributed by atoms with Crippen molar-refractivity contribution in [3.63, 3.8) is 0 Å². The molecule has 0 unspecified atom stereocenters. The van der Waals surface area contributed by atoms with Gasteiger partial charge in [0.15, 0.2) is 0 Å². The maximum absolute atomic E-state index is 8.58. The topological polar surface area (TPSA) is 27.0 Å². The Bertz CT molecular complexity index is 147. The van der Waals surface area contributed by atoms with Crippen molar-refractivity contribution in [2.75, 3.05) is 19.6 Å². The van der Waals surface area contributed by atoms with Crippen LogP contribution >= 0.6 is 0 Å². The molecule has 0 aromatic carbocycles. The highest BCUT2D eigenvalue weighted by Gasteiger charge is 2.02. The van der Waals surface area contributed by atoms with Gasteiger partial charge >= 0.3 is 0 Å². The van der Waals surface area contributed by atoms with Crippen LogP contribution in [-0.2, 0) is 0 Å². The van der Waals surface area contributed by atoms with Crippen LogP contribution in [0.25, 0.3) is 0 Å². The van der Waals surface area contributed by atoms with E-state index in [0.29, 0.717) is 6.54 Å². The highest BCUT2D eigenvalue weighted by Crippen LogP contribution is 2.04. The summed E-state index contributed by atoms with van der Waals surface area (Å²) < 4.78 is 0. The van der Waals surface area contributed by atoms with Crippen LogP contribution in [0.15, 0.2) is 0 Å². The lowest BCUT2D eigenvalue weighted by Gasteiger charge is -2.18. The molecule has 0 spiro atoms. The van der Waals surface area contributed by atoms with Gasteiger partial charge in [-0.25, -0.2) is 0 Å². The second kappa shape index (κ2) is 8.07. The molecule has 13 heavy (non-hydrogen) atoms. The third-order valence-electron chi connectivity index (χ3n) is 2.09. The van der Waals surface area contributed by atoms with E-state index in [-0.39, 0.29) is 0 Å². The first-order valence-corrected chi connectivity index (χ1v) is 5.30. The molecule has 0 amide bonds. The highest BCUT2D eigenvalue weighted by atomic mass is 15.1. The Labute approximate surface area is 82.5 Å². The predicted octanol–water partition coefficient (Wildman–Crippen LogP) is 2.66. The van der Waals surface area contributed by atoms with Gasteiger partial charge in [0.05, 0.1) is 12.6 Å². The molecule has 0 aromatic rings. The van der Waals surface area contributed by atoms with E-state index in [0.717, 1.165) is 25.4 Å². The smallest absolute Gasteiger partial charge is 0.0865 e. The molecule has 0 bridgehead atoms. The fourth-order valence-corrected chi connectivity index (χ4v) is 1.41. The molecule has 76 valence electrons. The van der Waals surface area contributed by atoms with Gasteiger partial charge in [-0.3, -0.25) is 4.90 Å². The maximum atomic E-state index is 8.58. The third kappa shape index (κ3) is 7.80. The average molecular weight is 182 g/mol. The van der Waals surface area contributed by atoms with Crippen molar-refractivity contribution < 1.29 is 0 Å². The van der Waals surface area contributed by atoms with Crippen LogP contribution in [0.5, 0.6) is 0 Å². The van der Waals surface area contributed by atoms with E-state index in [4.69, 9.17) is 5.26 Å². The minimum Gasteiger partial charge on any atom is -0.291 e. The molecular formula is C11H22N2. The van der Waals surface area contributed by atoms with Crippen LogP contribution in [0.4, 0.5) is 0 Å². The van der Waals surface area contributed by atoms with Crippen LogP contribution in [0.1, 0.15) is 40.0 Å². The summed E-state index contributed by atoms with van der Waals surface area (Å²) in [5.74, 6) is 0.783. The van der Waals surface area contributed by atoms with E-state index >= 15 is 0 Å². The lowest BCUT2D eigenvalue weighted by atomic mass is 10.1. The van der Waals surface area contributed by atoms with E-state index < -0.39 is 0 Å². The summed E-state index contributed by atoms with van der Waals surface area (Å²) in [5, 5.41) is 8.58. The molecule has 0 aliphatic carbocycles. The van der Waals surface area contributed by atoms with Gasteiger partial charge in [-0.05, 0) is 38.3 Å². The summed E-state index contributed by atoms with van der Waals surface area (Å²) in [6.45, 7) is 9.38. The van der Waals surface area contributed by atoms with Gasteiger partial charge in [-0.1, -0.05) is 20.8 Å². The van der Waals surface area contributed by atoms with Gasteiger partial charge in [-0.2, -0.15) is 5.26 Å². The summed E-state index contributed by atoms with van der Waals surface area (Å²) >= 11 is 0. The Kier molecular flexibility index (Phi) is 7.73. The minimum atomic E-state index is 0.589. The van der Waals surface area contributed by atoms with Crippen molar-refractivity contribution in [3.8, 4) is 6.07 Å². The van der Waals surface area contributed by atoms with Crippen LogP contribution in [-0.4, -0.2) is 24.5 Å². The predicted molar refractivity (Wildman–Crippen MR) is 56.4 cm³/mol. The second-order valence-electron chi connectivity index (χ2n) is 3.97. The van der Waals surface area contributed by atoms with E-state index in [1.54, 1.807) is 0 Å².